The lowest BCUT2D eigenvalue weighted by molar-refractivity contribution is -0.385. The lowest BCUT2D eigenvalue weighted by Crippen LogP contribution is -2.11. The SMILES string of the molecule is C/C(=C\c1cccs1)C(=O)Oc1c([N+](=O)[O-])ccc2cccnc12. The minimum atomic E-state index is -0.648. The molecule has 6 nitrogen and oxygen atoms in total. The highest BCUT2D eigenvalue weighted by molar-refractivity contribution is 7.10. The van der Waals surface area contributed by atoms with Crippen molar-refractivity contribution in [1.29, 1.82) is 0 Å². The second-order valence-electron chi connectivity index (χ2n) is 4.98. The third kappa shape index (κ3) is 3.16. The summed E-state index contributed by atoms with van der Waals surface area (Å²) in [7, 11) is 0. The molecule has 7 heteroatoms. The molecule has 0 aliphatic carbocycles. The summed E-state index contributed by atoms with van der Waals surface area (Å²) >= 11 is 1.48. The van der Waals surface area contributed by atoms with Crippen LogP contribution in [0.4, 0.5) is 5.69 Å². The number of hydrogen-bond acceptors (Lipinski definition) is 6. The molecule has 2 heterocycles. The molecular weight excluding hydrogens is 328 g/mol. The quantitative estimate of drug-likeness (QED) is 0.233. The number of esters is 1. The molecule has 0 aliphatic heterocycles. The van der Waals surface area contributed by atoms with Crippen molar-refractivity contribution in [2.45, 2.75) is 6.92 Å². The van der Waals surface area contributed by atoms with Crippen LogP contribution >= 0.6 is 11.3 Å². The van der Waals surface area contributed by atoms with Gasteiger partial charge in [-0.3, -0.25) is 15.1 Å². The first-order valence-electron chi connectivity index (χ1n) is 7.02. The summed E-state index contributed by atoms with van der Waals surface area (Å²) in [5.74, 6) is -0.785. The number of carbonyl (C=O) groups excluding carboxylic acids is 1. The van der Waals surface area contributed by atoms with Gasteiger partial charge >= 0.3 is 11.7 Å². The first-order chi connectivity index (χ1) is 11.6. The Morgan fingerprint density at radius 3 is 2.83 bits per heavy atom. The molecule has 2 aromatic heterocycles. The van der Waals surface area contributed by atoms with Gasteiger partial charge in [-0.05, 0) is 36.6 Å². The molecule has 1 aromatic carbocycles. The Balaban J connectivity index is 2.01. The Bertz CT molecular complexity index is 948. The number of ether oxygens (including phenoxy) is 1. The molecule has 24 heavy (non-hydrogen) atoms. The Kier molecular flexibility index (Phi) is 4.35. The molecule has 120 valence electrons. The molecule has 0 aliphatic rings. The second-order valence-corrected chi connectivity index (χ2v) is 5.96. The highest BCUT2D eigenvalue weighted by atomic mass is 32.1. The van der Waals surface area contributed by atoms with Crippen LogP contribution in [0, 0.1) is 10.1 Å². The Labute approximate surface area is 141 Å². The molecule has 0 saturated heterocycles. The fraction of sp³-hybridized carbons (Fsp3) is 0.0588. The van der Waals surface area contributed by atoms with E-state index in [4.69, 9.17) is 4.74 Å². The predicted molar refractivity (Wildman–Crippen MR) is 92.0 cm³/mol. The molecule has 0 spiro atoms. The zero-order chi connectivity index (χ0) is 17.1. The first kappa shape index (κ1) is 15.8. The Morgan fingerprint density at radius 2 is 2.12 bits per heavy atom. The van der Waals surface area contributed by atoms with Crippen LogP contribution in [0.1, 0.15) is 11.8 Å². The zero-order valence-corrected chi connectivity index (χ0v) is 13.4. The van der Waals surface area contributed by atoms with Crippen molar-refractivity contribution in [2.75, 3.05) is 0 Å². The molecule has 0 fully saturated rings. The van der Waals surface area contributed by atoms with E-state index in [-0.39, 0.29) is 17.0 Å². The number of nitrogens with zero attached hydrogens (tertiary/aromatic N) is 2. The lowest BCUT2D eigenvalue weighted by atomic mass is 10.2. The van der Waals surface area contributed by atoms with Crippen LogP contribution in [-0.4, -0.2) is 15.9 Å². The van der Waals surface area contributed by atoms with Crippen molar-refractivity contribution in [2.24, 2.45) is 0 Å². The van der Waals surface area contributed by atoms with Gasteiger partial charge in [-0.25, -0.2) is 4.79 Å². The van der Waals surface area contributed by atoms with E-state index < -0.39 is 10.9 Å². The molecule has 0 atom stereocenters. The molecule has 0 saturated carbocycles. The summed E-state index contributed by atoms with van der Waals surface area (Å²) in [5, 5.41) is 13.8. The minimum Gasteiger partial charge on any atom is -0.413 e. The van der Waals surface area contributed by atoms with Crippen LogP contribution in [0.3, 0.4) is 0 Å². The largest absolute Gasteiger partial charge is 0.413 e. The van der Waals surface area contributed by atoms with Gasteiger partial charge in [-0.1, -0.05) is 12.1 Å². The van der Waals surface area contributed by atoms with Crippen LogP contribution in [-0.2, 0) is 4.79 Å². The van der Waals surface area contributed by atoms with Gasteiger partial charge in [0.05, 0.1) is 4.92 Å². The lowest BCUT2D eigenvalue weighted by Gasteiger charge is -2.08. The van der Waals surface area contributed by atoms with Gasteiger partial charge in [-0.15, -0.1) is 11.3 Å². The van der Waals surface area contributed by atoms with Gasteiger partial charge in [-0.2, -0.15) is 0 Å². The van der Waals surface area contributed by atoms with Crippen LogP contribution in [0.15, 0.2) is 53.5 Å². The van der Waals surface area contributed by atoms with Gasteiger partial charge in [0.2, 0.25) is 5.75 Å². The van der Waals surface area contributed by atoms with Gasteiger partial charge in [0, 0.05) is 28.1 Å². The summed E-state index contributed by atoms with van der Waals surface area (Å²) in [4.78, 5) is 28.0. The highest BCUT2D eigenvalue weighted by Crippen LogP contribution is 2.34. The number of benzene rings is 1. The number of rotatable bonds is 4. The standard InChI is InChI=1S/C17H12N2O4S/c1-11(10-13-5-3-9-24-13)17(20)23-16-14(19(21)22)7-6-12-4-2-8-18-15(12)16/h2-10H,1H3/b11-10+. The smallest absolute Gasteiger partial charge is 0.339 e. The third-order valence-electron chi connectivity index (χ3n) is 3.32. The second kappa shape index (κ2) is 6.59. The number of aromatic nitrogens is 1. The third-order valence-corrected chi connectivity index (χ3v) is 4.14. The highest BCUT2D eigenvalue weighted by Gasteiger charge is 2.22. The molecular formula is C17H12N2O4S. The number of carbonyl (C=O) groups is 1. The summed E-state index contributed by atoms with van der Waals surface area (Å²) < 4.78 is 5.32. The van der Waals surface area contributed by atoms with E-state index >= 15 is 0 Å². The van der Waals surface area contributed by atoms with Crippen molar-refractivity contribution in [3.63, 3.8) is 0 Å². The van der Waals surface area contributed by atoms with Crippen molar-refractivity contribution in [3.8, 4) is 5.75 Å². The van der Waals surface area contributed by atoms with Gasteiger partial charge < -0.3 is 4.74 Å². The van der Waals surface area contributed by atoms with Gasteiger partial charge in [0.15, 0.2) is 0 Å². The van der Waals surface area contributed by atoms with E-state index in [2.05, 4.69) is 4.98 Å². The van der Waals surface area contributed by atoms with Crippen molar-refractivity contribution in [1.82, 2.24) is 4.98 Å². The molecule has 0 unspecified atom stereocenters. The molecule has 3 rings (SSSR count). The topological polar surface area (TPSA) is 82.3 Å². The van der Waals surface area contributed by atoms with Gasteiger partial charge in [0.25, 0.3) is 0 Å². The monoisotopic (exact) mass is 340 g/mol. The van der Waals surface area contributed by atoms with Crippen LogP contribution in [0.5, 0.6) is 5.75 Å². The van der Waals surface area contributed by atoms with E-state index in [1.54, 1.807) is 31.2 Å². The number of pyridine rings is 1. The van der Waals surface area contributed by atoms with Crippen LogP contribution < -0.4 is 4.74 Å². The van der Waals surface area contributed by atoms with Crippen molar-refractivity contribution < 1.29 is 14.5 Å². The van der Waals surface area contributed by atoms with Crippen molar-refractivity contribution in [3.05, 3.63) is 68.5 Å². The van der Waals surface area contributed by atoms with E-state index in [9.17, 15) is 14.9 Å². The van der Waals surface area contributed by atoms with Crippen molar-refractivity contribution >= 4 is 40.0 Å². The Morgan fingerprint density at radius 1 is 1.29 bits per heavy atom. The number of thiophene rings is 1. The fourth-order valence-corrected chi connectivity index (χ4v) is 2.89. The maximum Gasteiger partial charge on any atom is 0.339 e. The number of fused-ring (bicyclic) bond motifs is 1. The molecule has 0 amide bonds. The molecule has 0 bridgehead atoms. The van der Waals surface area contributed by atoms with E-state index in [0.29, 0.717) is 11.0 Å². The average molecular weight is 340 g/mol. The average Bonchev–Trinajstić information content (AvgIpc) is 3.07. The van der Waals surface area contributed by atoms with E-state index in [0.717, 1.165) is 4.88 Å². The van der Waals surface area contributed by atoms with Crippen LogP contribution in [0.25, 0.3) is 17.0 Å². The summed E-state index contributed by atoms with van der Waals surface area (Å²) in [5.41, 5.74) is 0.335. The normalized spacial score (nSPS) is 11.5. The molecule has 3 aromatic rings. The fourth-order valence-electron chi connectivity index (χ4n) is 2.17. The summed E-state index contributed by atoms with van der Waals surface area (Å²) in [6, 6.07) is 10.1. The minimum absolute atomic E-state index is 0.137. The molecule has 0 radical (unpaired) electrons. The molecule has 0 N–H and O–H groups in total. The summed E-state index contributed by atoms with van der Waals surface area (Å²) in [6.45, 7) is 1.60. The predicted octanol–water partition coefficient (Wildman–Crippen LogP) is 4.21. The number of nitro groups is 1. The maximum absolute atomic E-state index is 12.3. The van der Waals surface area contributed by atoms with Crippen LogP contribution in [0.2, 0.25) is 0 Å². The zero-order valence-electron chi connectivity index (χ0n) is 12.6. The maximum atomic E-state index is 12.3. The van der Waals surface area contributed by atoms with Gasteiger partial charge in [0.1, 0.15) is 5.52 Å². The number of nitro benzene ring substituents is 1. The summed E-state index contributed by atoms with van der Waals surface area (Å²) in [6.07, 6.45) is 3.18. The first-order valence-corrected chi connectivity index (χ1v) is 7.90. The number of hydrogen-bond donors (Lipinski definition) is 0. The Hall–Kier alpha value is -3.06. The van der Waals surface area contributed by atoms with E-state index in [1.807, 2.05) is 17.5 Å². The van der Waals surface area contributed by atoms with E-state index in [1.165, 1.54) is 23.6 Å².